The average molecular weight is 308 g/mol. The number of nitriles is 1. The van der Waals surface area contributed by atoms with Crippen molar-refractivity contribution >= 4 is 12.1 Å². The fraction of sp³-hybridized carbons (Fsp3) is 0.278. The fourth-order valence-electron chi connectivity index (χ4n) is 2.63. The molecule has 5 heteroatoms. The van der Waals surface area contributed by atoms with E-state index in [9.17, 15) is 4.79 Å². The molecule has 0 aliphatic rings. The van der Waals surface area contributed by atoms with Gasteiger partial charge in [-0.2, -0.15) is 10.4 Å². The van der Waals surface area contributed by atoms with E-state index in [1.807, 2.05) is 19.9 Å². The smallest absolute Gasteiger partial charge is 0.254 e. The standard InChI is InChI=1S/C18H20N4O/c1-12-5-6-17(13(2)9-12)22-14(3)10-16(15(22)4)11-20-21-18(23)7-8-19/h5-6,9-11H,7H2,1-4H3,(H,21,23)/b20-11-. The molecule has 23 heavy (non-hydrogen) atoms. The van der Waals surface area contributed by atoms with Gasteiger partial charge < -0.3 is 4.57 Å². The van der Waals surface area contributed by atoms with Crippen LogP contribution in [0.2, 0.25) is 0 Å². The Bertz CT molecular complexity index is 809. The molecule has 118 valence electrons. The highest BCUT2D eigenvalue weighted by molar-refractivity contribution is 5.84. The molecule has 0 bridgehead atoms. The van der Waals surface area contributed by atoms with Crippen LogP contribution in [-0.4, -0.2) is 16.7 Å². The Kier molecular flexibility index (Phi) is 4.97. The van der Waals surface area contributed by atoms with Gasteiger partial charge in [-0.25, -0.2) is 5.43 Å². The molecule has 5 nitrogen and oxygen atoms in total. The lowest BCUT2D eigenvalue weighted by atomic mass is 10.1. The Morgan fingerprint density at radius 2 is 2.04 bits per heavy atom. The topological polar surface area (TPSA) is 70.2 Å². The Morgan fingerprint density at radius 3 is 2.70 bits per heavy atom. The molecule has 0 unspecified atom stereocenters. The molecule has 0 saturated carbocycles. The van der Waals surface area contributed by atoms with Crippen LogP contribution in [0.4, 0.5) is 0 Å². The van der Waals surface area contributed by atoms with E-state index in [4.69, 9.17) is 5.26 Å². The molecule has 0 radical (unpaired) electrons. The van der Waals surface area contributed by atoms with Gasteiger partial charge in [0.15, 0.2) is 0 Å². The van der Waals surface area contributed by atoms with Gasteiger partial charge in [0.25, 0.3) is 5.91 Å². The van der Waals surface area contributed by atoms with Crippen molar-refractivity contribution in [3.63, 3.8) is 0 Å². The molecule has 0 saturated heterocycles. The third kappa shape index (κ3) is 3.67. The van der Waals surface area contributed by atoms with E-state index in [1.165, 1.54) is 11.1 Å². The summed E-state index contributed by atoms with van der Waals surface area (Å²) in [6, 6.07) is 10.2. The van der Waals surface area contributed by atoms with Crippen LogP contribution in [-0.2, 0) is 4.79 Å². The molecule has 1 amide bonds. The van der Waals surface area contributed by atoms with E-state index in [-0.39, 0.29) is 6.42 Å². The zero-order valence-electron chi connectivity index (χ0n) is 13.8. The number of rotatable bonds is 4. The molecule has 0 aliphatic carbocycles. The summed E-state index contributed by atoms with van der Waals surface area (Å²) in [5.74, 6) is -0.410. The van der Waals surface area contributed by atoms with E-state index < -0.39 is 5.91 Å². The van der Waals surface area contributed by atoms with E-state index in [0.29, 0.717) is 0 Å². The van der Waals surface area contributed by atoms with Crippen LogP contribution in [0.1, 0.15) is 34.5 Å². The zero-order chi connectivity index (χ0) is 17.0. The molecule has 1 N–H and O–H groups in total. The highest BCUT2D eigenvalue weighted by atomic mass is 16.2. The van der Waals surface area contributed by atoms with Gasteiger partial charge in [-0.05, 0) is 45.4 Å². The van der Waals surface area contributed by atoms with Gasteiger partial charge in [-0.3, -0.25) is 4.79 Å². The van der Waals surface area contributed by atoms with Crippen molar-refractivity contribution in [2.24, 2.45) is 5.10 Å². The first kappa shape index (κ1) is 16.5. The molecule has 2 aromatic rings. The van der Waals surface area contributed by atoms with E-state index >= 15 is 0 Å². The number of carbonyl (C=O) groups excluding carboxylic acids is 1. The van der Waals surface area contributed by atoms with E-state index in [2.05, 4.69) is 47.1 Å². The first-order valence-electron chi connectivity index (χ1n) is 7.39. The predicted molar refractivity (Wildman–Crippen MR) is 90.7 cm³/mol. The molecule has 2 rings (SSSR count). The van der Waals surface area contributed by atoms with Gasteiger partial charge in [0, 0.05) is 22.6 Å². The maximum absolute atomic E-state index is 11.2. The van der Waals surface area contributed by atoms with Crippen LogP contribution in [0.15, 0.2) is 29.4 Å². The molecule has 1 aromatic heterocycles. The average Bonchev–Trinajstić information content (AvgIpc) is 2.75. The minimum atomic E-state index is -0.410. The van der Waals surface area contributed by atoms with Crippen molar-refractivity contribution < 1.29 is 4.79 Å². The summed E-state index contributed by atoms with van der Waals surface area (Å²) in [6.07, 6.45) is 1.41. The number of hydrogen-bond donors (Lipinski definition) is 1. The van der Waals surface area contributed by atoms with Crippen molar-refractivity contribution in [2.45, 2.75) is 34.1 Å². The Balaban J connectivity index is 2.31. The van der Waals surface area contributed by atoms with Crippen molar-refractivity contribution in [1.29, 1.82) is 5.26 Å². The number of aromatic nitrogens is 1. The number of nitrogens with zero attached hydrogens (tertiary/aromatic N) is 3. The van der Waals surface area contributed by atoms with Crippen molar-refractivity contribution in [2.75, 3.05) is 0 Å². The Hall–Kier alpha value is -2.87. The fourth-order valence-corrected chi connectivity index (χ4v) is 2.63. The Labute approximate surface area is 136 Å². The number of carbonyl (C=O) groups is 1. The lowest BCUT2D eigenvalue weighted by Gasteiger charge is -2.13. The monoisotopic (exact) mass is 308 g/mol. The number of aryl methyl sites for hydroxylation is 3. The van der Waals surface area contributed by atoms with Gasteiger partial charge in [-0.15, -0.1) is 0 Å². The molecular formula is C18H20N4O. The maximum atomic E-state index is 11.2. The lowest BCUT2D eigenvalue weighted by molar-refractivity contribution is -0.120. The molecule has 1 aromatic carbocycles. The van der Waals surface area contributed by atoms with Gasteiger partial charge in [0.1, 0.15) is 6.42 Å². The summed E-state index contributed by atoms with van der Waals surface area (Å²) in [7, 11) is 0. The van der Waals surface area contributed by atoms with E-state index in [1.54, 1.807) is 12.3 Å². The molecular weight excluding hydrogens is 288 g/mol. The van der Waals surface area contributed by atoms with E-state index in [0.717, 1.165) is 22.6 Å². The molecule has 1 heterocycles. The number of hydrogen-bond acceptors (Lipinski definition) is 3. The van der Waals surface area contributed by atoms with Crippen LogP contribution >= 0.6 is 0 Å². The highest BCUT2D eigenvalue weighted by Gasteiger charge is 2.11. The van der Waals surface area contributed by atoms with Crippen LogP contribution in [0.5, 0.6) is 0 Å². The number of nitrogens with one attached hydrogen (secondary N) is 1. The number of hydrazone groups is 1. The summed E-state index contributed by atoms with van der Waals surface area (Å²) in [6.45, 7) is 8.23. The minimum Gasteiger partial charge on any atom is -0.318 e. The number of amides is 1. The molecule has 0 atom stereocenters. The van der Waals surface area contributed by atoms with Crippen LogP contribution in [0.25, 0.3) is 5.69 Å². The van der Waals surface area contributed by atoms with Crippen LogP contribution in [0, 0.1) is 39.0 Å². The third-order valence-electron chi connectivity index (χ3n) is 3.70. The summed E-state index contributed by atoms with van der Waals surface area (Å²) < 4.78 is 2.17. The van der Waals surface area contributed by atoms with Crippen molar-refractivity contribution in [3.05, 3.63) is 52.3 Å². The maximum Gasteiger partial charge on any atom is 0.254 e. The number of benzene rings is 1. The second-order valence-electron chi connectivity index (χ2n) is 5.58. The van der Waals surface area contributed by atoms with Gasteiger partial charge in [-0.1, -0.05) is 17.7 Å². The predicted octanol–water partition coefficient (Wildman–Crippen LogP) is 3.07. The summed E-state index contributed by atoms with van der Waals surface area (Å²) in [5, 5.41) is 12.4. The normalized spacial score (nSPS) is 10.7. The minimum absolute atomic E-state index is 0.196. The largest absolute Gasteiger partial charge is 0.318 e. The van der Waals surface area contributed by atoms with Crippen molar-refractivity contribution in [1.82, 2.24) is 9.99 Å². The summed E-state index contributed by atoms with van der Waals surface area (Å²) >= 11 is 0. The van der Waals surface area contributed by atoms with Crippen molar-refractivity contribution in [3.8, 4) is 11.8 Å². The Morgan fingerprint density at radius 1 is 1.30 bits per heavy atom. The SMILES string of the molecule is Cc1ccc(-n2c(C)cc(/C=N\NC(=O)CC#N)c2C)c(C)c1. The zero-order valence-corrected chi connectivity index (χ0v) is 13.8. The first-order chi connectivity index (χ1) is 10.9. The van der Waals surface area contributed by atoms with Crippen LogP contribution < -0.4 is 5.43 Å². The van der Waals surface area contributed by atoms with Crippen LogP contribution in [0.3, 0.4) is 0 Å². The quantitative estimate of drug-likeness (QED) is 0.696. The first-order valence-corrected chi connectivity index (χ1v) is 7.39. The third-order valence-corrected chi connectivity index (χ3v) is 3.70. The highest BCUT2D eigenvalue weighted by Crippen LogP contribution is 2.23. The molecule has 0 spiro atoms. The van der Waals surface area contributed by atoms with Gasteiger partial charge in [0.2, 0.25) is 0 Å². The van der Waals surface area contributed by atoms with Gasteiger partial charge >= 0.3 is 0 Å². The molecule has 0 fully saturated rings. The summed E-state index contributed by atoms with van der Waals surface area (Å²) in [4.78, 5) is 11.2. The second kappa shape index (κ2) is 6.93. The second-order valence-corrected chi connectivity index (χ2v) is 5.58. The van der Waals surface area contributed by atoms with Gasteiger partial charge in [0.05, 0.1) is 12.3 Å². The summed E-state index contributed by atoms with van der Waals surface area (Å²) in [5.41, 5.74) is 9.00. The molecule has 0 aliphatic heterocycles. The lowest BCUT2D eigenvalue weighted by Crippen LogP contribution is -2.16.